The van der Waals surface area contributed by atoms with E-state index >= 15 is 0 Å². The fourth-order valence-corrected chi connectivity index (χ4v) is 6.29. The van der Waals surface area contributed by atoms with Crippen molar-refractivity contribution in [1.82, 2.24) is 9.62 Å². The highest BCUT2D eigenvalue weighted by Crippen LogP contribution is 2.44. The molecule has 3 atom stereocenters. The van der Waals surface area contributed by atoms with Gasteiger partial charge in [-0.25, -0.2) is 8.42 Å². The topological polar surface area (TPSA) is 66.5 Å². The molecule has 2 bridgehead atoms. The van der Waals surface area contributed by atoms with E-state index in [1.807, 2.05) is 0 Å². The van der Waals surface area contributed by atoms with Crippen molar-refractivity contribution in [2.75, 3.05) is 13.1 Å². The van der Waals surface area contributed by atoms with E-state index in [1.165, 1.54) is 25.3 Å². The number of nitrogens with one attached hydrogen (secondary N) is 1. The van der Waals surface area contributed by atoms with Crippen molar-refractivity contribution in [3.8, 4) is 0 Å². The summed E-state index contributed by atoms with van der Waals surface area (Å²) in [4.78, 5) is 12.8. The van der Waals surface area contributed by atoms with Gasteiger partial charge in [-0.2, -0.15) is 4.31 Å². The van der Waals surface area contributed by atoms with Crippen LogP contribution in [0.25, 0.3) is 0 Å². The van der Waals surface area contributed by atoms with Gasteiger partial charge < -0.3 is 5.32 Å². The Morgan fingerprint density at radius 3 is 2.56 bits per heavy atom. The molecule has 25 heavy (non-hydrogen) atoms. The molecule has 6 heteroatoms. The van der Waals surface area contributed by atoms with Gasteiger partial charge in [0.25, 0.3) is 5.91 Å². The van der Waals surface area contributed by atoms with Gasteiger partial charge in [0.2, 0.25) is 10.0 Å². The monoisotopic (exact) mass is 362 g/mol. The first kappa shape index (κ1) is 17.0. The standard InChI is InChI=1S/C19H26N2O3S/c22-19(20-18-12-14-7-8-15(18)11-14)16-5-4-6-17(13-16)25(23,24)21-9-2-1-3-10-21/h4-6,13-15,18H,1-3,7-12H2,(H,20,22). The quantitative estimate of drug-likeness (QED) is 0.896. The van der Waals surface area contributed by atoms with E-state index in [0.29, 0.717) is 24.6 Å². The number of piperidine rings is 1. The van der Waals surface area contributed by atoms with Gasteiger partial charge in [0.05, 0.1) is 4.90 Å². The van der Waals surface area contributed by atoms with Crippen LogP contribution in [-0.2, 0) is 10.0 Å². The molecule has 4 rings (SSSR count). The molecule has 1 amide bonds. The predicted octanol–water partition coefficient (Wildman–Crippen LogP) is 2.78. The minimum absolute atomic E-state index is 0.145. The Bertz CT molecular complexity index is 756. The van der Waals surface area contributed by atoms with E-state index in [2.05, 4.69) is 5.32 Å². The van der Waals surface area contributed by atoms with E-state index in [9.17, 15) is 13.2 Å². The van der Waals surface area contributed by atoms with Crippen LogP contribution in [-0.4, -0.2) is 37.8 Å². The van der Waals surface area contributed by atoms with Crippen LogP contribution in [0.4, 0.5) is 0 Å². The summed E-state index contributed by atoms with van der Waals surface area (Å²) in [5.41, 5.74) is 0.445. The number of amides is 1. The first-order valence-electron chi connectivity index (χ1n) is 9.45. The third-order valence-corrected chi connectivity index (χ3v) is 8.00. The molecule has 1 aromatic carbocycles. The van der Waals surface area contributed by atoms with Crippen LogP contribution in [0.5, 0.6) is 0 Å². The molecule has 1 heterocycles. The fourth-order valence-electron chi connectivity index (χ4n) is 4.73. The Kier molecular flexibility index (Phi) is 4.58. The average Bonchev–Trinajstić information content (AvgIpc) is 3.25. The summed E-state index contributed by atoms with van der Waals surface area (Å²) in [5.74, 6) is 1.23. The predicted molar refractivity (Wildman–Crippen MR) is 95.8 cm³/mol. The maximum Gasteiger partial charge on any atom is 0.251 e. The molecule has 1 saturated heterocycles. The van der Waals surface area contributed by atoms with Gasteiger partial charge >= 0.3 is 0 Å². The summed E-state index contributed by atoms with van der Waals surface area (Å²) in [6.07, 6.45) is 7.70. The summed E-state index contributed by atoms with van der Waals surface area (Å²) in [7, 11) is -3.50. The van der Waals surface area contributed by atoms with Gasteiger partial charge in [-0.3, -0.25) is 4.79 Å². The first-order chi connectivity index (χ1) is 12.0. The Balaban J connectivity index is 1.49. The Labute approximate surface area is 149 Å². The Morgan fingerprint density at radius 1 is 1.08 bits per heavy atom. The fraction of sp³-hybridized carbons (Fsp3) is 0.632. The highest BCUT2D eigenvalue weighted by Gasteiger charge is 2.40. The van der Waals surface area contributed by atoms with Crippen LogP contribution in [0.15, 0.2) is 29.2 Å². The van der Waals surface area contributed by atoms with Crippen LogP contribution in [0, 0.1) is 11.8 Å². The molecule has 3 fully saturated rings. The van der Waals surface area contributed by atoms with Gasteiger partial charge in [0.15, 0.2) is 0 Å². The SMILES string of the molecule is O=C(NC1CC2CCC1C2)c1cccc(S(=O)(=O)N2CCCCC2)c1. The van der Waals surface area contributed by atoms with Crippen LogP contribution >= 0.6 is 0 Å². The zero-order valence-corrected chi connectivity index (χ0v) is 15.3. The smallest absolute Gasteiger partial charge is 0.251 e. The number of sulfonamides is 1. The first-order valence-corrected chi connectivity index (χ1v) is 10.9. The maximum absolute atomic E-state index is 12.8. The summed E-state index contributed by atoms with van der Waals surface area (Å²) in [5, 5.41) is 3.14. The second-order valence-corrected chi connectivity index (χ2v) is 9.69. The summed E-state index contributed by atoms with van der Waals surface area (Å²) in [6.45, 7) is 1.15. The van der Waals surface area contributed by atoms with Crippen molar-refractivity contribution >= 4 is 15.9 Å². The molecule has 0 radical (unpaired) electrons. The third kappa shape index (κ3) is 3.34. The number of carbonyl (C=O) groups is 1. The van der Waals surface area contributed by atoms with Gasteiger partial charge in [0, 0.05) is 24.7 Å². The largest absolute Gasteiger partial charge is 0.349 e. The van der Waals surface area contributed by atoms with Crippen LogP contribution < -0.4 is 5.32 Å². The van der Waals surface area contributed by atoms with Crippen LogP contribution in [0.1, 0.15) is 55.3 Å². The Morgan fingerprint density at radius 2 is 1.88 bits per heavy atom. The minimum atomic E-state index is -3.50. The molecule has 2 aliphatic carbocycles. The van der Waals surface area contributed by atoms with Crippen molar-refractivity contribution in [2.45, 2.75) is 55.9 Å². The molecule has 1 aliphatic heterocycles. The van der Waals surface area contributed by atoms with Crippen molar-refractivity contribution in [3.63, 3.8) is 0 Å². The molecule has 5 nitrogen and oxygen atoms in total. The lowest BCUT2D eigenvalue weighted by Gasteiger charge is -2.26. The molecular formula is C19H26N2O3S. The number of hydrogen-bond acceptors (Lipinski definition) is 3. The maximum atomic E-state index is 12.8. The molecule has 2 saturated carbocycles. The van der Waals surface area contributed by atoms with Gasteiger partial charge in [-0.15, -0.1) is 0 Å². The molecule has 3 unspecified atom stereocenters. The average molecular weight is 362 g/mol. The van der Waals surface area contributed by atoms with E-state index in [-0.39, 0.29) is 16.8 Å². The number of fused-ring (bicyclic) bond motifs is 2. The molecule has 0 aromatic heterocycles. The van der Waals surface area contributed by atoms with Gasteiger partial charge in [-0.05, 0) is 62.1 Å². The number of benzene rings is 1. The minimum Gasteiger partial charge on any atom is -0.349 e. The zero-order valence-electron chi connectivity index (χ0n) is 14.5. The van der Waals surface area contributed by atoms with E-state index in [1.54, 1.807) is 22.5 Å². The second kappa shape index (κ2) is 6.72. The van der Waals surface area contributed by atoms with E-state index in [4.69, 9.17) is 0 Å². The van der Waals surface area contributed by atoms with Gasteiger partial charge in [0.1, 0.15) is 0 Å². The Hall–Kier alpha value is -1.40. The van der Waals surface area contributed by atoms with Crippen molar-refractivity contribution in [1.29, 1.82) is 0 Å². The zero-order chi connectivity index (χ0) is 17.4. The summed E-state index contributed by atoms with van der Waals surface area (Å²) in [6, 6.07) is 6.77. The van der Waals surface area contributed by atoms with E-state index in [0.717, 1.165) is 31.6 Å². The lowest BCUT2D eigenvalue weighted by atomic mass is 9.95. The lowest BCUT2D eigenvalue weighted by molar-refractivity contribution is 0.0922. The van der Waals surface area contributed by atoms with E-state index < -0.39 is 10.0 Å². The second-order valence-electron chi connectivity index (χ2n) is 7.75. The third-order valence-electron chi connectivity index (χ3n) is 6.10. The summed E-state index contributed by atoms with van der Waals surface area (Å²) >= 11 is 0. The van der Waals surface area contributed by atoms with Crippen LogP contribution in [0.2, 0.25) is 0 Å². The molecule has 0 spiro atoms. The number of hydrogen-bond donors (Lipinski definition) is 1. The molecule has 3 aliphatic rings. The van der Waals surface area contributed by atoms with Crippen molar-refractivity contribution in [3.05, 3.63) is 29.8 Å². The summed E-state index contributed by atoms with van der Waals surface area (Å²) < 4.78 is 27.2. The highest BCUT2D eigenvalue weighted by molar-refractivity contribution is 7.89. The lowest BCUT2D eigenvalue weighted by Crippen LogP contribution is -2.38. The number of carbonyl (C=O) groups excluding carboxylic acids is 1. The number of nitrogens with zero attached hydrogens (tertiary/aromatic N) is 1. The van der Waals surface area contributed by atoms with Crippen LogP contribution in [0.3, 0.4) is 0 Å². The van der Waals surface area contributed by atoms with Gasteiger partial charge in [-0.1, -0.05) is 18.9 Å². The molecule has 136 valence electrons. The normalized spacial score (nSPS) is 29.7. The van der Waals surface area contributed by atoms with Crippen molar-refractivity contribution in [2.24, 2.45) is 11.8 Å². The molecule has 1 N–H and O–H groups in total. The molecular weight excluding hydrogens is 336 g/mol. The van der Waals surface area contributed by atoms with Crippen molar-refractivity contribution < 1.29 is 13.2 Å². The molecule has 1 aromatic rings. The number of rotatable bonds is 4. The highest BCUT2D eigenvalue weighted by atomic mass is 32.2.